The number of hydrogen-bond donors (Lipinski definition) is 2. The summed E-state index contributed by atoms with van der Waals surface area (Å²) in [6.45, 7) is 6.89. The van der Waals surface area contributed by atoms with Crippen LogP contribution >= 0.6 is 0 Å². The summed E-state index contributed by atoms with van der Waals surface area (Å²) in [5.74, 6) is 0. The predicted octanol–water partition coefficient (Wildman–Crippen LogP) is 5.24. The number of quaternary nitrogens is 1. The number of unbranched alkanes of at least 4 members (excludes halogenated alkanes) is 13. The van der Waals surface area contributed by atoms with Crippen molar-refractivity contribution in [2.75, 3.05) is 26.7 Å². The molecule has 0 rings (SSSR count). The summed E-state index contributed by atoms with van der Waals surface area (Å²) in [6, 6.07) is 0. The summed E-state index contributed by atoms with van der Waals surface area (Å²) < 4.78 is 0.774. The molecule has 3 nitrogen and oxygen atoms in total. The van der Waals surface area contributed by atoms with E-state index in [2.05, 4.69) is 20.9 Å². The molecule has 2 N–H and O–H groups in total. The van der Waals surface area contributed by atoms with E-state index in [9.17, 15) is 10.2 Å². The van der Waals surface area contributed by atoms with Gasteiger partial charge in [-0.3, -0.25) is 0 Å². The maximum atomic E-state index is 9.17. The number of aliphatic hydroxyl groups is 2. The monoisotopic (exact) mass is 344 g/mol. The van der Waals surface area contributed by atoms with Crippen LogP contribution in [0.25, 0.3) is 0 Å². The summed E-state index contributed by atoms with van der Waals surface area (Å²) >= 11 is 0. The molecule has 146 valence electrons. The van der Waals surface area contributed by atoms with Crippen molar-refractivity contribution in [2.45, 2.75) is 110 Å². The van der Waals surface area contributed by atoms with Gasteiger partial charge in [-0.25, -0.2) is 0 Å². The van der Waals surface area contributed by atoms with Crippen molar-refractivity contribution < 1.29 is 14.7 Å². The van der Waals surface area contributed by atoms with Crippen LogP contribution < -0.4 is 0 Å². The highest BCUT2D eigenvalue weighted by Gasteiger charge is 2.21. The Morgan fingerprint density at radius 1 is 0.625 bits per heavy atom. The topological polar surface area (TPSA) is 40.5 Å². The van der Waals surface area contributed by atoms with Gasteiger partial charge in [-0.15, -0.1) is 0 Å². The molecule has 24 heavy (non-hydrogen) atoms. The first-order chi connectivity index (χ1) is 11.5. The number of likely N-dealkylation sites (N-methyl/N-ethyl adjacent to an activating group) is 1. The fraction of sp³-hybridized carbons (Fsp3) is 1.00. The molecule has 0 saturated heterocycles. The first kappa shape index (κ1) is 23.9. The van der Waals surface area contributed by atoms with Crippen molar-refractivity contribution in [1.82, 2.24) is 0 Å². The molecule has 3 heteroatoms. The van der Waals surface area contributed by atoms with Crippen LogP contribution in [0.15, 0.2) is 0 Å². The summed E-state index contributed by atoms with van der Waals surface area (Å²) in [6.07, 6.45) is 18.2. The lowest BCUT2D eigenvalue weighted by atomic mass is 10.0. The van der Waals surface area contributed by atoms with Gasteiger partial charge >= 0.3 is 0 Å². The smallest absolute Gasteiger partial charge is 0.202 e. The van der Waals surface area contributed by atoms with Gasteiger partial charge in [-0.1, -0.05) is 84.0 Å². The molecule has 0 aliphatic carbocycles. The molecule has 0 radical (unpaired) electrons. The average Bonchev–Trinajstić information content (AvgIpc) is 2.54. The van der Waals surface area contributed by atoms with E-state index in [-0.39, 0.29) is 0 Å². The van der Waals surface area contributed by atoms with Crippen molar-refractivity contribution >= 4 is 0 Å². The van der Waals surface area contributed by atoms with Crippen molar-refractivity contribution in [3.63, 3.8) is 0 Å². The second-order valence-corrected chi connectivity index (χ2v) is 7.92. The number of hydrogen-bond acceptors (Lipinski definition) is 2. The van der Waals surface area contributed by atoms with Crippen LogP contribution in [0.2, 0.25) is 0 Å². The van der Waals surface area contributed by atoms with E-state index in [1.54, 1.807) is 0 Å². The van der Waals surface area contributed by atoms with E-state index in [1.807, 2.05) is 0 Å². The van der Waals surface area contributed by atoms with Crippen molar-refractivity contribution in [1.29, 1.82) is 0 Å². The minimum atomic E-state index is -1.18. The van der Waals surface area contributed by atoms with E-state index in [0.29, 0.717) is 6.54 Å². The third-order valence-corrected chi connectivity index (χ3v) is 5.42. The third kappa shape index (κ3) is 15.4. The third-order valence-electron chi connectivity index (χ3n) is 5.42. The van der Waals surface area contributed by atoms with Crippen LogP contribution in [0.5, 0.6) is 0 Å². The van der Waals surface area contributed by atoms with Gasteiger partial charge in [0.1, 0.15) is 6.54 Å². The summed E-state index contributed by atoms with van der Waals surface area (Å²) in [5.41, 5.74) is 0. The first-order valence-corrected chi connectivity index (χ1v) is 10.7. The molecule has 0 saturated carbocycles. The molecule has 0 fully saturated rings. The Labute approximate surface area is 152 Å². The van der Waals surface area contributed by atoms with Gasteiger partial charge in [0.2, 0.25) is 6.29 Å². The van der Waals surface area contributed by atoms with E-state index in [4.69, 9.17) is 0 Å². The summed E-state index contributed by atoms with van der Waals surface area (Å²) in [7, 11) is 2.13. The molecule has 0 aliphatic rings. The fourth-order valence-corrected chi connectivity index (χ4v) is 3.46. The van der Waals surface area contributed by atoms with Gasteiger partial charge in [0.05, 0.1) is 20.1 Å². The maximum absolute atomic E-state index is 9.17. The van der Waals surface area contributed by atoms with Gasteiger partial charge in [0.15, 0.2) is 0 Å². The Bertz CT molecular complexity index is 258. The van der Waals surface area contributed by atoms with Crippen molar-refractivity contribution in [3.8, 4) is 0 Å². The minimum Gasteiger partial charge on any atom is -0.364 e. The molecule has 0 aromatic rings. The van der Waals surface area contributed by atoms with Crippen LogP contribution in [0.3, 0.4) is 0 Å². The Balaban J connectivity index is 3.30. The normalized spacial score (nSPS) is 14.2. The zero-order valence-corrected chi connectivity index (χ0v) is 16.9. The van der Waals surface area contributed by atoms with Gasteiger partial charge in [-0.2, -0.15) is 0 Å². The van der Waals surface area contributed by atoms with E-state index >= 15 is 0 Å². The van der Waals surface area contributed by atoms with Crippen LogP contribution in [0, 0.1) is 0 Å². The average molecular weight is 345 g/mol. The Kier molecular flexibility index (Phi) is 16.3. The molecule has 0 heterocycles. The van der Waals surface area contributed by atoms with Gasteiger partial charge < -0.3 is 14.7 Å². The lowest BCUT2D eigenvalue weighted by Crippen LogP contribution is -2.49. The predicted molar refractivity (Wildman–Crippen MR) is 105 cm³/mol. The maximum Gasteiger partial charge on any atom is 0.202 e. The Morgan fingerprint density at radius 2 is 1.00 bits per heavy atom. The molecular formula is C21H46NO2+. The van der Waals surface area contributed by atoms with E-state index < -0.39 is 6.29 Å². The summed E-state index contributed by atoms with van der Waals surface area (Å²) in [4.78, 5) is 0. The molecule has 0 aromatic carbocycles. The highest BCUT2D eigenvalue weighted by molar-refractivity contribution is 4.50. The highest BCUT2D eigenvalue weighted by Crippen LogP contribution is 2.14. The van der Waals surface area contributed by atoms with E-state index in [1.165, 1.54) is 89.9 Å². The fourth-order valence-electron chi connectivity index (χ4n) is 3.46. The van der Waals surface area contributed by atoms with Crippen LogP contribution in [-0.2, 0) is 0 Å². The molecule has 1 unspecified atom stereocenters. The van der Waals surface area contributed by atoms with Crippen LogP contribution in [-0.4, -0.2) is 47.7 Å². The molecular weight excluding hydrogens is 298 g/mol. The zero-order chi connectivity index (χ0) is 18.1. The molecule has 0 amide bonds. The quantitative estimate of drug-likeness (QED) is 0.203. The van der Waals surface area contributed by atoms with Crippen LogP contribution in [0.4, 0.5) is 0 Å². The Morgan fingerprint density at radius 3 is 1.33 bits per heavy atom. The molecule has 0 aromatic heterocycles. The summed E-state index contributed by atoms with van der Waals surface area (Å²) in [5, 5.41) is 18.3. The van der Waals surface area contributed by atoms with Crippen molar-refractivity contribution in [3.05, 3.63) is 0 Å². The second kappa shape index (κ2) is 16.4. The van der Waals surface area contributed by atoms with Gasteiger partial charge in [0.25, 0.3) is 0 Å². The molecule has 0 aliphatic heterocycles. The minimum absolute atomic E-state index is 0.453. The lowest BCUT2D eigenvalue weighted by Gasteiger charge is -2.34. The number of aliphatic hydroxyl groups excluding tert-OH is 1. The lowest BCUT2D eigenvalue weighted by molar-refractivity contribution is -0.913. The van der Waals surface area contributed by atoms with Gasteiger partial charge in [-0.05, 0) is 19.8 Å². The number of nitrogens with zero attached hydrogens (tertiary/aromatic N) is 1. The largest absolute Gasteiger partial charge is 0.364 e. The highest BCUT2D eigenvalue weighted by atomic mass is 16.5. The molecule has 0 bridgehead atoms. The van der Waals surface area contributed by atoms with Crippen LogP contribution in [0.1, 0.15) is 104 Å². The zero-order valence-electron chi connectivity index (χ0n) is 16.9. The second-order valence-electron chi connectivity index (χ2n) is 7.92. The molecule has 1 atom stereocenters. The van der Waals surface area contributed by atoms with Crippen molar-refractivity contribution in [2.24, 2.45) is 0 Å². The van der Waals surface area contributed by atoms with E-state index in [0.717, 1.165) is 17.6 Å². The molecule has 0 spiro atoms. The van der Waals surface area contributed by atoms with Gasteiger partial charge in [0, 0.05) is 0 Å². The number of rotatable bonds is 18. The standard InChI is InChI=1S/C21H46NO2/c1-4-6-7-8-9-10-11-12-13-14-15-16-17-18-19-22(3,5-2)20-21(23)24/h21,23-24H,4-20H2,1-3H3/q+1. The Hall–Kier alpha value is -0.120. The SMILES string of the molecule is CCCCCCCCCCCCCCCC[N+](C)(CC)CC(O)O. The first-order valence-electron chi connectivity index (χ1n) is 10.7.